The number of aromatic amines is 1. The number of H-pyrrole nitrogens is 1. The van der Waals surface area contributed by atoms with Gasteiger partial charge in [-0.15, -0.1) is 0 Å². The van der Waals surface area contributed by atoms with Gasteiger partial charge in [-0.1, -0.05) is 24.3 Å². The third kappa shape index (κ3) is 3.28. The molecule has 132 valence electrons. The van der Waals surface area contributed by atoms with Crippen molar-refractivity contribution < 1.29 is 9.59 Å². The molecule has 6 nitrogen and oxygen atoms in total. The zero-order valence-electron chi connectivity index (χ0n) is 14.3. The van der Waals surface area contributed by atoms with Gasteiger partial charge in [-0.3, -0.25) is 9.59 Å². The summed E-state index contributed by atoms with van der Waals surface area (Å²) in [5.74, 6) is -0.136. The lowest BCUT2D eigenvalue weighted by Crippen LogP contribution is -2.14. The van der Waals surface area contributed by atoms with Gasteiger partial charge < -0.3 is 16.0 Å². The monoisotopic (exact) mass is 356 g/mol. The summed E-state index contributed by atoms with van der Waals surface area (Å²) in [7, 11) is 0. The minimum Gasteiger partial charge on any atom is -0.366 e. The van der Waals surface area contributed by atoms with Crippen LogP contribution in [0.15, 0.2) is 72.8 Å². The first-order valence-electron chi connectivity index (χ1n) is 8.37. The summed E-state index contributed by atoms with van der Waals surface area (Å²) in [5.41, 5.74) is 9.23. The molecular weight excluding hydrogens is 340 g/mol. The van der Waals surface area contributed by atoms with Gasteiger partial charge in [0.15, 0.2) is 0 Å². The van der Waals surface area contributed by atoms with Crippen LogP contribution in [0.5, 0.6) is 0 Å². The van der Waals surface area contributed by atoms with E-state index < -0.39 is 5.91 Å². The highest BCUT2D eigenvalue weighted by molar-refractivity contribution is 6.06. The third-order valence-corrected chi connectivity index (χ3v) is 4.25. The summed E-state index contributed by atoms with van der Waals surface area (Å²) in [5, 5.41) is 2.90. The fourth-order valence-electron chi connectivity index (χ4n) is 2.86. The SMILES string of the molecule is NC(=O)c1ccc(C(=O)Nc2ccccc2-c2nc3ccccc3[nH]2)cc1. The van der Waals surface area contributed by atoms with Gasteiger partial charge in [-0.25, -0.2) is 4.98 Å². The van der Waals surface area contributed by atoms with Crippen LogP contribution < -0.4 is 11.1 Å². The number of amides is 2. The fraction of sp³-hybridized carbons (Fsp3) is 0. The highest BCUT2D eigenvalue weighted by Gasteiger charge is 2.13. The smallest absolute Gasteiger partial charge is 0.255 e. The highest BCUT2D eigenvalue weighted by atomic mass is 16.2. The zero-order chi connectivity index (χ0) is 18.8. The van der Waals surface area contributed by atoms with Crippen molar-refractivity contribution in [3.63, 3.8) is 0 Å². The number of para-hydroxylation sites is 3. The molecule has 0 spiro atoms. The molecule has 3 aromatic carbocycles. The number of hydrogen-bond donors (Lipinski definition) is 3. The van der Waals surface area contributed by atoms with Crippen LogP contribution in [0.3, 0.4) is 0 Å². The first kappa shape index (κ1) is 16.5. The van der Waals surface area contributed by atoms with E-state index in [2.05, 4.69) is 15.3 Å². The van der Waals surface area contributed by atoms with Gasteiger partial charge in [0, 0.05) is 16.7 Å². The molecule has 0 aliphatic heterocycles. The van der Waals surface area contributed by atoms with Crippen LogP contribution in [0.25, 0.3) is 22.4 Å². The fourth-order valence-corrected chi connectivity index (χ4v) is 2.86. The van der Waals surface area contributed by atoms with Crippen LogP contribution in [0, 0.1) is 0 Å². The molecule has 1 heterocycles. The normalized spacial score (nSPS) is 10.7. The number of primary amides is 1. The lowest BCUT2D eigenvalue weighted by atomic mass is 10.1. The molecule has 4 N–H and O–H groups in total. The van der Waals surface area contributed by atoms with E-state index in [4.69, 9.17) is 5.73 Å². The molecule has 27 heavy (non-hydrogen) atoms. The molecule has 0 unspecified atom stereocenters. The predicted octanol–water partition coefficient (Wildman–Crippen LogP) is 3.58. The maximum absolute atomic E-state index is 12.6. The van der Waals surface area contributed by atoms with Crippen LogP contribution in [0.1, 0.15) is 20.7 Å². The van der Waals surface area contributed by atoms with Crippen molar-refractivity contribution in [1.82, 2.24) is 9.97 Å². The molecule has 0 aliphatic rings. The average molecular weight is 356 g/mol. The second-order valence-corrected chi connectivity index (χ2v) is 6.04. The second-order valence-electron chi connectivity index (χ2n) is 6.04. The average Bonchev–Trinajstić information content (AvgIpc) is 3.12. The Hall–Kier alpha value is -3.93. The number of carbonyl (C=O) groups is 2. The van der Waals surface area contributed by atoms with E-state index in [1.54, 1.807) is 12.1 Å². The number of aromatic nitrogens is 2. The van der Waals surface area contributed by atoms with Crippen molar-refractivity contribution in [2.45, 2.75) is 0 Å². The van der Waals surface area contributed by atoms with Crippen LogP contribution in [-0.2, 0) is 0 Å². The van der Waals surface area contributed by atoms with Gasteiger partial charge in [-0.05, 0) is 48.5 Å². The standard InChI is InChI=1S/C21H16N4O2/c22-19(26)13-9-11-14(12-10-13)21(27)25-16-6-2-1-5-15(16)20-23-17-7-3-4-8-18(17)24-20/h1-12H,(H2,22,26)(H,23,24)(H,25,27). The number of imidazole rings is 1. The van der Waals surface area contributed by atoms with Gasteiger partial charge in [0.25, 0.3) is 5.91 Å². The first-order chi connectivity index (χ1) is 13.1. The molecule has 0 aliphatic carbocycles. The molecule has 0 bridgehead atoms. The molecule has 1 aromatic heterocycles. The molecule has 0 saturated heterocycles. The first-order valence-corrected chi connectivity index (χ1v) is 8.37. The highest BCUT2D eigenvalue weighted by Crippen LogP contribution is 2.27. The minimum absolute atomic E-state index is 0.283. The van der Waals surface area contributed by atoms with E-state index in [9.17, 15) is 9.59 Å². The summed E-state index contributed by atoms with van der Waals surface area (Å²) in [6.45, 7) is 0. The number of benzene rings is 3. The third-order valence-electron chi connectivity index (χ3n) is 4.25. The molecule has 0 fully saturated rings. The van der Waals surface area contributed by atoms with Gasteiger partial charge in [0.05, 0.1) is 16.7 Å². The molecule has 2 amide bonds. The second kappa shape index (κ2) is 6.76. The summed E-state index contributed by atoms with van der Waals surface area (Å²) < 4.78 is 0. The van der Waals surface area contributed by atoms with Crippen molar-refractivity contribution in [2.75, 3.05) is 5.32 Å². The Balaban J connectivity index is 1.64. The Morgan fingerprint density at radius 3 is 2.26 bits per heavy atom. The summed E-state index contributed by atoms with van der Waals surface area (Å²) in [4.78, 5) is 31.6. The Bertz CT molecular complexity index is 1110. The largest absolute Gasteiger partial charge is 0.366 e. The Morgan fingerprint density at radius 2 is 1.52 bits per heavy atom. The molecule has 4 rings (SSSR count). The number of fused-ring (bicyclic) bond motifs is 1. The van der Waals surface area contributed by atoms with Crippen molar-refractivity contribution in [3.8, 4) is 11.4 Å². The van der Waals surface area contributed by atoms with E-state index >= 15 is 0 Å². The van der Waals surface area contributed by atoms with E-state index in [-0.39, 0.29) is 5.91 Å². The quantitative estimate of drug-likeness (QED) is 0.521. The van der Waals surface area contributed by atoms with E-state index in [1.165, 1.54) is 12.1 Å². The molecule has 4 aromatic rings. The number of rotatable bonds is 4. The Kier molecular flexibility index (Phi) is 4.14. The van der Waals surface area contributed by atoms with Crippen molar-refractivity contribution >= 4 is 28.5 Å². The Morgan fingerprint density at radius 1 is 0.852 bits per heavy atom. The van der Waals surface area contributed by atoms with Crippen molar-refractivity contribution in [1.29, 1.82) is 0 Å². The Labute approximate surface area is 155 Å². The predicted molar refractivity (Wildman–Crippen MR) is 104 cm³/mol. The van der Waals surface area contributed by atoms with Gasteiger partial charge in [0.2, 0.25) is 5.91 Å². The molecule has 0 atom stereocenters. The van der Waals surface area contributed by atoms with E-state index in [0.29, 0.717) is 22.6 Å². The lowest BCUT2D eigenvalue weighted by Gasteiger charge is -2.09. The number of anilines is 1. The molecule has 0 saturated carbocycles. The summed E-state index contributed by atoms with van der Waals surface area (Å²) >= 11 is 0. The number of nitrogens with one attached hydrogen (secondary N) is 2. The van der Waals surface area contributed by atoms with Gasteiger partial charge >= 0.3 is 0 Å². The van der Waals surface area contributed by atoms with Crippen LogP contribution in [-0.4, -0.2) is 21.8 Å². The van der Waals surface area contributed by atoms with Gasteiger partial charge in [-0.2, -0.15) is 0 Å². The van der Waals surface area contributed by atoms with E-state index in [1.807, 2.05) is 48.5 Å². The van der Waals surface area contributed by atoms with Gasteiger partial charge in [0.1, 0.15) is 5.82 Å². The topological polar surface area (TPSA) is 101 Å². The lowest BCUT2D eigenvalue weighted by molar-refractivity contribution is 0.0995. The maximum atomic E-state index is 12.6. The number of nitrogens with zero attached hydrogens (tertiary/aromatic N) is 1. The molecule has 6 heteroatoms. The zero-order valence-corrected chi connectivity index (χ0v) is 14.3. The number of carbonyl (C=O) groups excluding carboxylic acids is 2. The van der Waals surface area contributed by atoms with E-state index in [0.717, 1.165) is 16.6 Å². The molecule has 0 radical (unpaired) electrons. The summed E-state index contributed by atoms with van der Waals surface area (Å²) in [6.07, 6.45) is 0. The van der Waals surface area contributed by atoms with Crippen LogP contribution in [0.2, 0.25) is 0 Å². The molecular formula is C21H16N4O2. The van der Waals surface area contributed by atoms with Crippen LogP contribution >= 0.6 is 0 Å². The van der Waals surface area contributed by atoms with Crippen molar-refractivity contribution in [3.05, 3.63) is 83.9 Å². The number of hydrogen-bond acceptors (Lipinski definition) is 3. The maximum Gasteiger partial charge on any atom is 0.255 e. The number of nitrogens with two attached hydrogens (primary N) is 1. The van der Waals surface area contributed by atoms with Crippen LogP contribution in [0.4, 0.5) is 5.69 Å². The summed E-state index contributed by atoms with van der Waals surface area (Å²) in [6, 6.07) is 21.4. The minimum atomic E-state index is -0.530. The van der Waals surface area contributed by atoms with Crippen molar-refractivity contribution in [2.24, 2.45) is 5.73 Å².